The lowest BCUT2D eigenvalue weighted by Gasteiger charge is -2.31. The molecule has 0 aliphatic carbocycles. The van der Waals surface area contributed by atoms with Crippen LogP contribution in [0.2, 0.25) is 0 Å². The largest absolute Gasteiger partial charge is 0.430 e. The highest BCUT2D eigenvalue weighted by molar-refractivity contribution is 5.93. The molecule has 0 radical (unpaired) electrons. The highest BCUT2D eigenvalue weighted by atomic mass is 16.4. The van der Waals surface area contributed by atoms with Gasteiger partial charge in [0.05, 0.1) is 5.56 Å². The molecule has 6 nitrogen and oxygen atoms in total. The van der Waals surface area contributed by atoms with E-state index in [0.717, 1.165) is 32.5 Å². The Bertz CT molecular complexity index is 635. The molecule has 2 aromatic heterocycles. The van der Waals surface area contributed by atoms with Crippen LogP contribution in [0.3, 0.4) is 0 Å². The molecule has 1 amide bonds. The molecule has 2 aromatic rings. The summed E-state index contributed by atoms with van der Waals surface area (Å²) in [5, 5.41) is 4.21. The number of hydrogen-bond acceptors (Lipinski definition) is 4. The Labute approximate surface area is 122 Å². The Morgan fingerprint density at radius 1 is 1.33 bits per heavy atom. The van der Waals surface area contributed by atoms with Crippen molar-refractivity contribution < 1.29 is 9.21 Å². The van der Waals surface area contributed by atoms with Gasteiger partial charge in [-0.1, -0.05) is 0 Å². The van der Waals surface area contributed by atoms with Gasteiger partial charge in [-0.05, 0) is 30.9 Å². The summed E-state index contributed by atoms with van der Waals surface area (Å²) >= 11 is 0. The lowest BCUT2D eigenvalue weighted by atomic mass is 9.96. The Morgan fingerprint density at radius 2 is 2.14 bits per heavy atom. The number of piperidine rings is 1. The van der Waals surface area contributed by atoms with Crippen molar-refractivity contribution in [3.8, 4) is 0 Å². The van der Waals surface area contributed by atoms with Crippen LogP contribution in [-0.4, -0.2) is 33.7 Å². The second kappa shape index (κ2) is 5.95. The van der Waals surface area contributed by atoms with Crippen LogP contribution >= 0.6 is 0 Å². The van der Waals surface area contributed by atoms with Crippen molar-refractivity contribution in [2.45, 2.75) is 19.4 Å². The third kappa shape index (κ3) is 3.21. The molecule has 0 aromatic carbocycles. The van der Waals surface area contributed by atoms with E-state index in [0.29, 0.717) is 11.5 Å². The topological polar surface area (TPSA) is 68.3 Å². The molecule has 0 spiro atoms. The Hall–Kier alpha value is -2.37. The molecule has 3 heterocycles. The summed E-state index contributed by atoms with van der Waals surface area (Å²) in [6, 6.07) is 4.71. The van der Waals surface area contributed by atoms with Crippen LogP contribution in [0, 0.1) is 5.92 Å². The van der Waals surface area contributed by atoms with Crippen LogP contribution in [-0.2, 0) is 6.54 Å². The molecule has 1 aliphatic rings. The summed E-state index contributed by atoms with van der Waals surface area (Å²) in [7, 11) is 0. The first-order valence-corrected chi connectivity index (χ1v) is 7.08. The normalized spacial score (nSPS) is 16.1. The molecular formula is C15H17N3O3. The number of amides is 1. The molecule has 6 heteroatoms. The molecule has 0 atom stereocenters. The number of carbonyl (C=O) groups excluding carboxylic acids is 1. The Balaban J connectivity index is 1.56. The van der Waals surface area contributed by atoms with Crippen LogP contribution < -0.4 is 5.63 Å². The number of hydrogen-bond donors (Lipinski definition) is 0. The number of carbonyl (C=O) groups is 1. The van der Waals surface area contributed by atoms with Crippen molar-refractivity contribution >= 4 is 5.91 Å². The van der Waals surface area contributed by atoms with Crippen molar-refractivity contribution in [3.63, 3.8) is 0 Å². The quantitative estimate of drug-likeness (QED) is 0.855. The van der Waals surface area contributed by atoms with Gasteiger partial charge in [0.1, 0.15) is 6.26 Å². The molecule has 0 unspecified atom stereocenters. The summed E-state index contributed by atoms with van der Waals surface area (Å²) in [5.74, 6) is 0.471. The van der Waals surface area contributed by atoms with Crippen molar-refractivity contribution in [1.82, 2.24) is 14.7 Å². The van der Waals surface area contributed by atoms with Gasteiger partial charge in [-0.3, -0.25) is 9.48 Å². The van der Waals surface area contributed by atoms with Gasteiger partial charge in [0.2, 0.25) is 0 Å². The monoisotopic (exact) mass is 287 g/mol. The first-order valence-electron chi connectivity index (χ1n) is 7.08. The second-order valence-corrected chi connectivity index (χ2v) is 5.31. The average Bonchev–Trinajstić information content (AvgIpc) is 3.01. The molecule has 3 rings (SSSR count). The smallest absolute Gasteiger partial charge is 0.335 e. The van der Waals surface area contributed by atoms with E-state index in [-0.39, 0.29) is 5.91 Å². The van der Waals surface area contributed by atoms with E-state index >= 15 is 0 Å². The first-order chi connectivity index (χ1) is 10.2. The summed E-state index contributed by atoms with van der Waals surface area (Å²) in [6.07, 6.45) is 6.90. The van der Waals surface area contributed by atoms with E-state index in [2.05, 4.69) is 5.10 Å². The molecule has 0 bridgehead atoms. The highest BCUT2D eigenvalue weighted by Gasteiger charge is 2.24. The van der Waals surface area contributed by atoms with Crippen molar-refractivity contribution in [3.05, 3.63) is 52.8 Å². The molecular weight excluding hydrogens is 270 g/mol. The zero-order chi connectivity index (χ0) is 14.7. The van der Waals surface area contributed by atoms with Gasteiger partial charge in [-0.2, -0.15) is 5.10 Å². The molecule has 21 heavy (non-hydrogen) atoms. The van der Waals surface area contributed by atoms with Gasteiger partial charge in [0.15, 0.2) is 0 Å². The summed E-state index contributed by atoms with van der Waals surface area (Å²) < 4.78 is 6.69. The van der Waals surface area contributed by atoms with Crippen LogP contribution in [0.15, 0.2) is 46.1 Å². The number of nitrogens with zero attached hydrogens (tertiary/aromatic N) is 3. The lowest BCUT2D eigenvalue weighted by molar-refractivity contribution is 0.0678. The minimum atomic E-state index is -0.440. The predicted octanol–water partition coefficient (Wildman–Crippen LogP) is 1.39. The van der Waals surface area contributed by atoms with Crippen molar-refractivity contribution in [2.75, 3.05) is 13.1 Å². The van der Waals surface area contributed by atoms with E-state index in [9.17, 15) is 9.59 Å². The van der Waals surface area contributed by atoms with E-state index < -0.39 is 5.63 Å². The molecule has 1 aliphatic heterocycles. The SMILES string of the molecule is O=C(c1ccc(=O)oc1)N1CCC(Cn2cccn2)CC1. The van der Waals surface area contributed by atoms with Crippen molar-refractivity contribution in [1.29, 1.82) is 0 Å². The Morgan fingerprint density at radius 3 is 2.76 bits per heavy atom. The van der Waals surface area contributed by atoms with E-state index in [1.165, 1.54) is 18.4 Å². The maximum absolute atomic E-state index is 12.3. The van der Waals surface area contributed by atoms with Crippen LogP contribution in [0.5, 0.6) is 0 Å². The van der Waals surface area contributed by atoms with Gasteiger partial charge in [0, 0.05) is 38.1 Å². The molecule has 0 N–H and O–H groups in total. The number of aromatic nitrogens is 2. The number of rotatable bonds is 3. The molecule has 0 saturated carbocycles. The van der Waals surface area contributed by atoms with Crippen LogP contribution in [0.4, 0.5) is 0 Å². The van der Waals surface area contributed by atoms with Gasteiger partial charge >= 0.3 is 5.63 Å². The molecule has 1 fully saturated rings. The third-order valence-corrected chi connectivity index (χ3v) is 3.85. The van der Waals surface area contributed by atoms with E-state index in [1.54, 1.807) is 6.20 Å². The summed E-state index contributed by atoms with van der Waals surface area (Å²) in [6.45, 7) is 2.35. The predicted molar refractivity (Wildman–Crippen MR) is 75.8 cm³/mol. The van der Waals surface area contributed by atoms with Crippen molar-refractivity contribution in [2.24, 2.45) is 5.92 Å². The van der Waals surface area contributed by atoms with Crippen LogP contribution in [0.1, 0.15) is 23.2 Å². The fourth-order valence-electron chi connectivity index (χ4n) is 2.65. The zero-order valence-corrected chi connectivity index (χ0v) is 11.6. The summed E-state index contributed by atoms with van der Waals surface area (Å²) in [4.78, 5) is 25.0. The number of likely N-dealkylation sites (tertiary alicyclic amines) is 1. The lowest BCUT2D eigenvalue weighted by Crippen LogP contribution is -2.39. The van der Waals surface area contributed by atoms with Gasteiger partial charge in [-0.15, -0.1) is 0 Å². The maximum Gasteiger partial charge on any atom is 0.335 e. The fraction of sp³-hybridized carbons (Fsp3) is 0.400. The first kappa shape index (κ1) is 13.6. The second-order valence-electron chi connectivity index (χ2n) is 5.31. The average molecular weight is 287 g/mol. The van der Waals surface area contributed by atoms with Gasteiger partial charge in [-0.25, -0.2) is 4.79 Å². The minimum absolute atomic E-state index is 0.0729. The molecule has 110 valence electrons. The molecule has 1 saturated heterocycles. The van der Waals surface area contributed by atoms with Crippen LogP contribution in [0.25, 0.3) is 0 Å². The summed E-state index contributed by atoms with van der Waals surface area (Å²) in [5.41, 5.74) is -0.00962. The zero-order valence-electron chi connectivity index (χ0n) is 11.6. The standard InChI is InChI=1S/C15H17N3O3/c19-14-3-2-13(11-21-14)15(20)17-8-4-12(5-9-17)10-18-7-1-6-16-18/h1-3,6-7,11-12H,4-5,8-10H2. The van der Waals surface area contributed by atoms with E-state index in [1.807, 2.05) is 21.8 Å². The highest BCUT2D eigenvalue weighted by Crippen LogP contribution is 2.20. The Kier molecular flexibility index (Phi) is 3.85. The van der Waals surface area contributed by atoms with Gasteiger partial charge in [0.25, 0.3) is 5.91 Å². The third-order valence-electron chi connectivity index (χ3n) is 3.85. The minimum Gasteiger partial charge on any atom is -0.430 e. The van der Waals surface area contributed by atoms with E-state index in [4.69, 9.17) is 4.42 Å². The van der Waals surface area contributed by atoms with Gasteiger partial charge < -0.3 is 9.32 Å². The fourth-order valence-corrected chi connectivity index (χ4v) is 2.65. The maximum atomic E-state index is 12.3.